The fraction of sp³-hybridized carbons (Fsp3) is 0. The van der Waals surface area contributed by atoms with Crippen LogP contribution in [0.2, 0.25) is 5.15 Å². The van der Waals surface area contributed by atoms with Crippen molar-refractivity contribution in [2.75, 3.05) is 10.6 Å². The molecule has 1 aliphatic heterocycles. The Hall–Kier alpha value is -1.22. The highest BCUT2D eigenvalue weighted by molar-refractivity contribution is 6.29. The minimum atomic E-state index is 0.494. The molecule has 56 valence electrons. The predicted molar refractivity (Wildman–Crippen MR) is 45.6 cm³/mol. The third-order valence-electron chi connectivity index (χ3n) is 1.40. The number of halogens is 1. The second kappa shape index (κ2) is 2.43. The lowest BCUT2D eigenvalue weighted by Gasteiger charge is -2.12. The van der Waals surface area contributed by atoms with Crippen LogP contribution in [0.5, 0.6) is 0 Å². The lowest BCUT2D eigenvalue weighted by atomic mass is 10.3. The first-order chi connectivity index (χ1) is 5.36. The van der Waals surface area contributed by atoms with Gasteiger partial charge in [0, 0.05) is 12.4 Å². The monoisotopic (exact) mass is 167 g/mol. The van der Waals surface area contributed by atoms with E-state index in [4.69, 9.17) is 11.6 Å². The maximum atomic E-state index is 5.67. The van der Waals surface area contributed by atoms with E-state index < -0.39 is 0 Å². The Bertz CT molecular complexity index is 309. The van der Waals surface area contributed by atoms with Gasteiger partial charge in [0.15, 0.2) is 5.82 Å². The summed E-state index contributed by atoms with van der Waals surface area (Å²) in [7, 11) is 0. The number of fused-ring (bicyclic) bond motifs is 1. The van der Waals surface area contributed by atoms with Gasteiger partial charge >= 0.3 is 0 Å². The molecule has 1 aliphatic rings. The molecule has 0 spiro atoms. The third kappa shape index (κ3) is 1.14. The van der Waals surface area contributed by atoms with Crippen LogP contribution in [0.3, 0.4) is 0 Å². The van der Waals surface area contributed by atoms with Crippen molar-refractivity contribution in [3.05, 3.63) is 29.7 Å². The normalized spacial score (nSPS) is 13.2. The SMILES string of the molecule is Clc1ccc2c(n1)NC=CN2. The molecule has 0 unspecified atom stereocenters. The van der Waals surface area contributed by atoms with Gasteiger partial charge in [0.25, 0.3) is 0 Å². The van der Waals surface area contributed by atoms with Crippen LogP contribution in [0, 0.1) is 0 Å². The second-order valence-corrected chi connectivity index (χ2v) is 2.54. The van der Waals surface area contributed by atoms with Crippen LogP contribution in [0.1, 0.15) is 0 Å². The van der Waals surface area contributed by atoms with E-state index in [2.05, 4.69) is 15.6 Å². The predicted octanol–water partition coefficient (Wildman–Crippen LogP) is 2.04. The van der Waals surface area contributed by atoms with Gasteiger partial charge in [-0.3, -0.25) is 0 Å². The number of rotatable bonds is 0. The topological polar surface area (TPSA) is 37.0 Å². The molecule has 0 amide bonds. The Morgan fingerprint density at radius 1 is 1.18 bits per heavy atom. The van der Waals surface area contributed by atoms with Crippen LogP contribution in [0.4, 0.5) is 11.5 Å². The molecular weight excluding hydrogens is 162 g/mol. The molecule has 0 bridgehead atoms. The first kappa shape index (κ1) is 6.49. The highest BCUT2D eigenvalue weighted by Crippen LogP contribution is 2.23. The molecule has 0 radical (unpaired) electrons. The van der Waals surface area contributed by atoms with E-state index in [9.17, 15) is 0 Å². The maximum absolute atomic E-state index is 5.67. The molecule has 0 fully saturated rings. The van der Waals surface area contributed by atoms with Gasteiger partial charge in [-0.2, -0.15) is 0 Å². The summed E-state index contributed by atoms with van der Waals surface area (Å²) in [5.41, 5.74) is 0.942. The molecule has 3 nitrogen and oxygen atoms in total. The molecule has 0 aliphatic carbocycles. The molecule has 4 heteroatoms. The number of anilines is 2. The zero-order chi connectivity index (χ0) is 7.68. The molecule has 2 heterocycles. The van der Waals surface area contributed by atoms with Crippen LogP contribution in [0.25, 0.3) is 0 Å². The molecule has 0 atom stereocenters. The van der Waals surface area contributed by atoms with Crippen molar-refractivity contribution >= 4 is 23.1 Å². The summed E-state index contributed by atoms with van der Waals surface area (Å²) in [6, 6.07) is 3.62. The summed E-state index contributed by atoms with van der Waals surface area (Å²) in [5, 5.41) is 6.48. The Labute approximate surface area is 69.1 Å². The molecule has 0 saturated heterocycles. The Kier molecular flexibility index (Phi) is 1.43. The van der Waals surface area contributed by atoms with Gasteiger partial charge in [-0.1, -0.05) is 11.6 Å². The summed E-state index contributed by atoms with van der Waals surface area (Å²) < 4.78 is 0. The number of hydrogen-bond acceptors (Lipinski definition) is 3. The molecule has 1 aromatic heterocycles. The molecule has 1 aromatic rings. The second-order valence-electron chi connectivity index (χ2n) is 2.15. The third-order valence-corrected chi connectivity index (χ3v) is 1.61. The number of nitrogens with zero attached hydrogens (tertiary/aromatic N) is 1. The van der Waals surface area contributed by atoms with Gasteiger partial charge in [-0.05, 0) is 12.1 Å². The van der Waals surface area contributed by atoms with E-state index in [0.717, 1.165) is 11.5 Å². The lowest BCUT2D eigenvalue weighted by molar-refractivity contribution is 1.28. The van der Waals surface area contributed by atoms with Gasteiger partial charge in [-0.15, -0.1) is 0 Å². The summed E-state index contributed by atoms with van der Waals surface area (Å²) in [5.74, 6) is 0.764. The summed E-state index contributed by atoms with van der Waals surface area (Å²) in [4.78, 5) is 4.05. The largest absolute Gasteiger partial charge is 0.357 e. The van der Waals surface area contributed by atoms with Gasteiger partial charge in [0.1, 0.15) is 5.15 Å². The molecule has 2 N–H and O–H groups in total. The van der Waals surface area contributed by atoms with Crippen molar-refractivity contribution in [3.8, 4) is 0 Å². The van der Waals surface area contributed by atoms with E-state index in [1.807, 2.05) is 6.07 Å². The first-order valence-electron chi connectivity index (χ1n) is 3.21. The quantitative estimate of drug-likeness (QED) is 0.581. The molecule has 11 heavy (non-hydrogen) atoms. The van der Waals surface area contributed by atoms with Gasteiger partial charge in [0.05, 0.1) is 5.69 Å². The Morgan fingerprint density at radius 3 is 2.91 bits per heavy atom. The Morgan fingerprint density at radius 2 is 2.00 bits per heavy atom. The average molecular weight is 168 g/mol. The minimum absolute atomic E-state index is 0.494. The highest BCUT2D eigenvalue weighted by atomic mass is 35.5. The number of pyridine rings is 1. The zero-order valence-corrected chi connectivity index (χ0v) is 6.39. The van der Waals surface area contributed by atoms with Crippen molar-refractivity contribution in [2.24, 2.45) is 0 Å². The number of hydrogen-bond donors (Lipinski definition) is 2. The van der Waals surface area contributed by atoms with Gasteiger partial charge in [-0.25, -0.2) is 4.98 Å². The zero-order valence-electron chi connectivity index (χ0n) is 5.63. The summed E-state index contributed by atoms with van der Waals surface area (Å²) in [6.07, 6.45) is 3.57. The van der Waals surface area contributed by atoms with Crippen LogP contribution in [-0.2, 0) is 0 Å². The van der Waals surface area contributed by atoms with Crippen LogP contribution in [-0.4, -0.2) is 4.98 Å². The van der Waals surface area contributed by atoms with E-state index in [0.29, 0.717) is 5.15 Å². The Balaban J connectivity index is 2.48. The van der Waals surface area contributed by atoms with E-state index in [1.54, 1.807) is 18.5 Å². The average Bonchev–Trinajstić information content (AvgIpc) is 2.04. The smallest absolute Gasteiger partial charge is 0.155 e. The van der Waals surface area contributed by atoms with Crippen LogP contribution in [0.15, 0.2) is 24.5 Å². The van der Waals surface area contributed by atoms with Crippen LogP contribution < -0.4 is 10.6 Å². The minimum Gasteiger partial charge on any atom is -0.357 e. The molecule has 2 rings (SSSR count). The number of nitrogens with one attached hydrogen (secondary N) is 2. The van der Waals surface area contributed by atoms with E-state index in [1.165, 1.54) is 0 Å². The van der Waals surface area contributed by atoms with Crippen molar-refractivity contribution < 1.29 is 0 Å². The van der Waals surface area contributed by atoms with Gasteiger partial charge < -0.3 is 10.6 Å². The maximum Gasteiger partial charge on any atom is 0.155 e. The first-order valence-corrected chi connectivity index (χ1v) is 3.59. The summed E-state index contributed by atoms with van der Waals surface area (Å²) in [6.45, 7) is 0. The van der Waals surface area contributed by atoms with Crippen molar-refractivity contribution in [2.45, 2.75) is 0 Å². The lowest BCUT2D eigenvalue weighted by Crippen LogP contribution is -2.03. The van der Waals surface area contributed by atoms with Gasteiger partial charge in [0.2, 0.25) is 0 Å². The molecule has 0 aromatic carbocycles. The van der Waals surface area contributed by atoms with Crippen LogP contribution >= 0.6 is 11.6 Å². The standard InChI is InChI=1S/C7H6ClN3/c8-6-2-1-5-7(11-6)10-4-3-9-5/h1-4,9H,(H,10,11). The number of aromatic nitrogens is 1. The van der Waals surface area contributed by atoms with Crippen molar-refractivity contribution in [3.63, 3.8) is 0 Å². The van der Waals surface area contributed by atoms with Crippen molar-refractivity contribution in [1.29, 1.82) is 0 Å². The van der Waals surface area contributed by atoms with Crippen molar-refractivity contribution in [1.82, 2.24) is 4.98 Å². The molecular formula is C7H6ClN3. The fourth-order valence-corrected chi connectivity index (χ4v) is 1.06. The van der Waals surface area contributed by atoms with E-state index >= 15 is 0 Å². The molecule has 0 saturated carbocycles. The fourth-order valence-electron chi connectivity index (χ4n) is 0.914. The highest BCUT2D eigenvalue weighted by Gasteiger charge is 2.04. The summed E-state index contributed by atoms with van der Waals surface area (Å²) >= 11 is 5.67. The van der Waals surface area contributed by atoms with E-state index in [-0.39, 0.29) is 0 Å².